The molecule has 1 aromatic heterocycles. The number of aromatic nitrogens is 1. The molecule has 0 aliphatic heterocycles. The standard InChI is InChI=1S/C16H14N4O/c21-16(19-13-6-2-1-3-7-13)20-18-11-12-10-17-15-9-5-4-8-14(12)15/h1-11,17H,(H2,19,20,21)/b18-11-. The zero-order valence-corrected chi connectivity index (χ0v) is 11.2. The highest BCUT2D eigenvalue weighted by Crippen LogP contribution is 2.15. The number of carbonyl (C=O) groups excluding carboxylic acids is 1. The maximum absolute atomic E-state index is 11.7. The molecule has 3 rings (SSSR count). The van der Waals surface area contributed by atoms with Crippen LogP contribution in [0.1, 0.15) is 5.56 Å². The Morgan fingerprint density at radius 1 is 1.05 bits per heavy atom. The van der Waals surface area contributed by atoms with Crippen LogP contribution in [0, 0.1) is 0 Å². The smallest absolute Gasteiger partial charge is 0.339 e. The van der Waals surface area contributed by atoms with Crippen LogP contribution in [-0.4, -0.2) is 17.2 Å². The molecule has 2 amide bonds. The summed E-state index contributed by atoms with van der Waals surface area (Å²) in [4.78, 5) is 14.8. The summed E-state index contributed by atoms with van der Waals surface area (Å²) in [5, 5.41) is 7.70. The van der Waals surface area contributed by atoms with Crippen LogP contribution in [0.5, 0.6) is 0 Å². The summed E-state index contributed by atoms with van der Waals surface area (Å²) >= 11 is 0. The monoisotopic (exact) mass is 278 g/mol. The Morgan fingerprint density at radius 3 is 2.67 bits per heavy atom. The molecule has 0 spiro atoms. The predicted octanol–water partition coefficient (Wildman–Crippen LogP) is 3.32. The van der Waals surface area contributed by atoms with Gasteiger partial charge in [-0.3, -0.25) is 0 Å². The average molecular weight is 278 g/mol. The highest BCUT2D eigenvalue weighted by Gasteiger charge is 2.01. The number of fused-ring (bicyclic) bond motifs is 1. The largest absolute Gasteiger partial charge is 0.361 e. The van der Waals surface area contributed by atoms with Crippen LogP contribution in [0.4, 0.5) is 10.5 Å². The summed E-state index contributed by atoms with van der Waals surface area (Å²) in [6.07, 6.45) is 3.47. The van der Waals surface area contributed by atoms with Crippen molar-refractivity contribution in [1.82, 2.24) is 10.4 Å². The van der Waals surface area contributed by atoms with Crippen molar-refractivity contribution in [2.45, 2.75) is 0 Å². The minimum atomic E-state index is -0.378. The van der Waals surface area contributed by atoms with Crippen molar-refractivity contribution >= 4 is 28.8 Å². The van der Waals surface area contributed by atoms with Crippen molar-refractivity contribution < 1.29 is 4.79 Å². The van der Waals surface area contributed by atoms with E-state index in [0.29, 0.717) is 0 Å². The number of urea groups is 1. The topological polar surface area (TPSA) is 69.3 Å². The number of nitrogens with zero attached hydrogens (tertiary/aromatic N) is 1. The second-order valence-electron chi connectivity index (χ2n) is 4.48. The Hall–Kier alpha value is -3.08. The fraction of sp³-hybridized carbons (Fsp3) is 0. The summed E-state index contributed by atoms with van der Waals surface area (Å²) in [5.41, 5.74) is 5.12. The molecule has 3 aromatic rings. The van der Waals surface area contributed by atoms with Gasteiger partial charge in [-0.2, -0.15) is 5.10 Å². The number of benzene rings is 2. The third-order valence-corrected chi connectivity index (χ3v) is 3.02. The first-order valence-corrected chi connectivity index (χ1v) is 6.54. The predicted molar refractivity (Wildman–Crippen MR) is 84.5 cm³/mol. The lowest BCUT2D eigenvalue weighted by molar-refractivity contribution is 0.252. The Morgan fingerprint density at radius 2 is 1.81 bits per heavy atom. The first-order valence-electron chi connectivity index (χ1n) is 6.54. The molecule has 0 fully saturated rings. The number of anilines is 1. The average Bonchev–Trinajstić information content (AvgIpc) is 2.92. The normalized spacial score (nSPS) is 10.9. The molecule has 0 saturated carbocycles. The number of para-hydroxylation sites is 2. The molecule has 2 aromatic carbocycles. The number of hydrazone groups is 1. The summed E-state index contributed by atoms with van der Waals surface area (Å²) in [6.45, 7) is 0. The van der Waals surface area contributed by atoms with Crippen LogP contribution in [0.2, 0.25) is 0 Å². The fourth-order valence-corrected chi connectivity index (χ4v) is 2.04. The highest BCUT2D eigenvalue weighted by atomic mass is 16.2. The maximum Gasteiger partial charge on any atom is 0.339 e. The SMILES string of the molecule is O=C(N/N=C\c1c[nH]c2ccccc12)Nc1ccccc1. The van der Waals surface area contributed by atoms with Gasteiger partial charge in [0.1, 0.15) is 0 Å². The molecule has 0 aliphatic carbocycles. The van der Waals surface area contributed by atoms with Crippen LogP contribution < -0.4 is 10.7 Å². The lowest BCUT2D eigenvalue weighted by Crippen LogP contribution is -2.24. The number of H-pyrrole nitrogens is 1. The molecule has 0 aliphatic rings. The van der Waals surface area contributed by atoms with E-state index < -0.39 is 0 Å². The molecule has 5 heteroatoms. The van der Waals surface area contributed by atoms with E-state index in [1.54, 1.807) is 6.21 Å². The Balaban J connectivity index is 1.63. The quantitative estimate of drug-likeness (QED) is 0.499. The molecule has 104 valence electrons. The van der Waals surface area contributed by atoms with Gasteiger partial charge >= 0.3 is 6.03 Å². The number of amides is 2. The van der Waals surface area contributed by atoms with Crippen molar-refractivity contribution in [1.29, 1.82) is 0 Å². The highest BCUT2D eigenvalue weighted by molar-refractivity contribution is 5.99. The van der Waals surface area contributed by atoms with E-state index in [9.17, 15) is 4.79 Å². The first-order chi connectivity index (χ1) is 10.3. The van der Waals surface area contributed by atoms with Gasteiger partial charge in [0.15, 0.2) is 0 Å². The molecule has 0 radical (unpaired) electrons. The molecule has 1 heterocycles. The molecule has 3 N–H and O–H groups in total. The first kappa shape index (κ1) is 12.9. The zero-order chi connectivity index (χ0) is 14.5. The van der Waals surface area contributed by atoms with E-state index in [1.165, 1.54) is 0 Å². The number of carbonyl (C=O) groups is 1. The van der Waals surface area contributed by atoms with Gasteiger partial charge in [-0.1, -0.05) is 36.4 Å². The van der Waals surface area contributed by atoms with Crippen molar-refractivity contribution in [3.8, 4) is 0 Å². The zero-order valence-electron chi connectivity index (χ0n) is 11.2. The summed E-state index contributed by atoms with van der Waals surface area (Å²) < 4.78 is 0. The Bertz CT molecular complexity index is 777. The van der Waals surface area contributed by atoms with Crippen molar-refractivity contribution in [3.05, 3.63) is 66.4 Å². The van der Waals surface area contributed by atoms with Crippen LogP contribution in [0.3, 0.4) is 0 Å². The van der Waals surface area contributed by atoms with Crippen LogP contribution >= 0.6 is 0 Å². The number of nitrogens with one attached hydrogen (secondary N) is 3. The molecule has 5 nitrogen and oxygen atoms in total. The van der Waals surface area contributed by atoms with Gasteiger partial charge in [0, 0.05) is 28.4 Å². The van der Waals surface area contributed by atoms with Gasteiger partial charge < -0.3 is 10.3 Å². The van der Waals surface area contributed by atoms with Gasteiger partial charge in [-0.25, -0.2) is 10.2 Å². The molecule has 0 unspecified atom stereocenters. The van der Waals surface area contributed by atoms with Gasteiger partial charge in [-0.05, 0) is 18.2 Å². The van der Waals surface area contributed by atoms with Crippen molar-refractivity contribution in [2.75, 3.05) is 5.32 Å². The third-order valence-electron chi connectivity index (χ3n) is 3.02. The minimum Gasteiger partial charge on any atom is -0.361 e. The molecule has 21 heavy (non-hydrogen) atoms. The maximum atomic E-state index is 11.7. The van der Waals surface area contributed by atoms with Gasteiger partial charge in [-0.15, -0.1) is 0 Å². The van der Waals surface area contributed by atoms with Gasteiger partial charge in [0.25, 0.3) is 0 Å². The molecule has 0 bridgehead atoms. The van der Waals surface area contributed by atoms with Gasteiger partial charge in [0.2, 0.25) is 0 Å². The number of hydrogen-bond donors (Lipinski definition) is 3. The summed E-state index contributed by atoms with van der Waals surface area (Å²) in [6, 6.07) is 16.7. The van der Waals surface area contributed by atoms with E-state index in [1.807, 2.05) is 60.8 Å². The fourth-order valence-electron chi connectivity index (χ4n) is 2.04. The number of hydrogen-bond acceptors (Lipinski definition) is 2. The molecule has 0 atom stereocenters. The van der Waals surface area contributed by atoms with Gasteiger partial charge in [0.05, 0.1) is 6.21 Å². The van der Waals surface area contributed by atoms with Crippen LogP contribution in [0.15, 0.2) is 65.9 Å². The van der Waals surface area contributed by atoms with Crippen LogP contribution in [-0.2, 0) is 0 Å². The summed E-state index contributed by atoms with van der Waals surface area (Å²) in [7, 11) is 0. The number of aromatic amines is 1. The van der Waals surface area contributed by atoms with E-state index >= 15 is 0 Å². The van der Waals surface area contributed by atoms with Crippen molar-refractivity contribution in [2.24, 2.45) is 5.10 Å². The Kier molecular flexibility index (Phi) is 3.64. The molecular weight excluding hydrogens is 264 g/mol. The van der Waals surface area contributed by atoms with Crippen molar-refractivity contribution in [3.63, 3.8) is 0 Å². The van der Waals surface area contributed by atoms with E-state index in [-0.39, 0.29) is 6.03 Å². The Labute approximate surface area is 121 Å². The lowest BCUT2D eigenvalue weighted by Gasteiger charge is -2.02. The lowest BCUT2D eigenvalue weighted by atomic mass is 10.2. The third kappa shape index (κ3) is 3.09. The second kappa shape index (κ2) is 5.92. The number of rotatable bonds is 3. The molecular formula is C16H14N4O. The minimum absolute atomic E-state index is 0.378. The van der Waals surface area contributed by atoms with Crippen LogP contribution in [0.25, 0.3) is 10.9 Å². The summed E-state index contributed by atoms with van der Waals surface area (Å²) in [5.74, 6) is 0. The second-order valence-corrected chi connectivity index (χ2v) is 4.48. The van der Waals surface area contributed by atoms with E-state index in [2.05, 4.69) is 20.8 Å². The van der Waals surface area contributed by atoms with E-state index in [0.717, 1.165) is 22.2 Å². The van der Waals surface area contributed by atoms with E-state index in [4.69, 9.17) is 0 Å². The molecule has 0 saturated heterocycles.